The Bertz CT molecular complexity index is 701. The van der Waals surface area contributed by atoms with E-state index in [2.05, 4.69) is 26.1 Å². The summed E-state index contributed by atoms with van der Waals surface area (Å²) in [5, 5.41) is 9.17. The molecule has 0 atom stereocenters. The van der Waals surface area contributed by atoms with E-state index < -0.39 is 0 Å². The lowest BCUT2D eigenvalue weighted by Gasteiger charge is -1.99. The molecule has 3 aromatic rings. The third-order valence-electron chi connectivity index (χ3n) is 2.51. The van der Waals surface area contributed by atoms with Crippen LogP contribution in [0.15, 0.2) is 28.9 Å². The quantitative estimate of drug-likeness (QED) is 0.751. The van der Waals surface area contributed by atoms with Gasteiger partial charge in [0.2, 0.25) is 0 Å². The molecule has 17 heavy (non-hydrogen) atoms. The summed E-state index contributed by atoms with van der Waals surface area (Å²) < 4.78 is 2.95. The Hall–Kier alpha value is -1.40. The van der Waals surface area contributed by atoms with Crippen LogP contribution in [0.1, 0.15) is 5.56 Å². The topological polar surface area (TPSA) is 56.2 Å². The maximum absolute atomic E-state index is 5.81. The maximum atomic E-state index is 5.81. The fraction of sp³-hybridized carbons (Fsp3) is 0.0909. The highest BCUT2D eigenvalue weighted by molar-refractivity contribution is 9.10. The van der Waals surface area contributed by atoms with Gasteiger partial charge in [0.05, 0.1) is 9.88 Å². The summed E-state index contributed by atoms with van der Waals surface area (Å²) >= 11 is 4.98. The van der Waals surface area contributed by atoms with E-state index in [4.69, 9.17) is 5.73 Å². The number of nitrogens with two attached hydrogens (primary N) is 1. The van der Waals surface area contributed by atoms with Crippen molar-refractivity contribution in [1.82, 2.24) is 14.6 Å². The van der Waals surface area contributed by atoms with E-state index in [1.165, 1.54) is 11.3 Å². The largest absolute Gasteiger partial charge is 0.391 e. The highest BCUT2D eigenvalue weighted by atomic mass is 79.9. The smallest absolute Gasteiger partial charge is 0.178 e. The molecular weight excluding hydrogens is 300 g/mol. The molecule has 0 amide bonds. The van der Waals surface area contributed by atoms with E-state index in [1.54, 1.807) is 0 Å². The average Bonchev–Trinajstić information content (AvgIpc) is 2.81. The van der Waals surface area contributed by atoms with Gasteiger partial charge in [-0.05, 0) is 46.6 Å². The molecule has 0 bridgehead atoms. The van der Waals surface area contributed by atoms with Crippen LogP contribution in [0, 0.1) is 6.92 Å². The zero-order chi connectivity index (χ0) is 12.0. The number of thiophene rings is 1. The lowest BCUT2D eigenvalue weighted by atomic mass is 10.3. The number of aryl methyl sites for hydroxylation is 1. The van der Waals surface area contributed by atoms with E-state index in [0.717, 1.165) is 31.4 Å². The number of rotatable bonds is 1. The number of anilines is 1. The van der Waals surface area contributed by atoms with Crippen molar-refractivity contribution in [3.8, 4) is 10.7 Å². The predicted octanol–water partition coefficient (Wildman–Crippen LogP) is 3.11. The molecule has 0 aliphatic carbocycles. The molecule has 4 nitrogen and oxygen atoms in total. The number of halogens is 1. The van der Waals surface area contributed by atoms with Gasteiger partial charge in [-0.2, -0.15) is 0 Å². The molecule has 0 aliphatic rings. The van der Waals surface area contributed by atoms with Crippen molar-refractivity contribution < 1.29 is 0 Å². The van der Waals surface area contributed by atoms with E-state index in [1.807, 2.05) is 35.7 Å². The molecule has 3 aromatic heterocycles. The van der Waals surface area contributed by atoms with Crippen molar-refractivity contribution in [3.63, 3.8) is 0 Å². The van der Waals surface area contributed by atoms with Crippen molar-refractivity contribution in [2.24, 2.45) is 0 Å². The third-order valence-corrected chi connectivity index (χ3v) is 4.04. The minimum Gasteiger partial charge on any atom is -0.391 e. The van der Waals surface area contributed by atoms with Crippen LogP contribution in [0.3, 0.4) is 0 Å². The summed E-state index contributed by atoms with van der Waals surface area (Å²) in [6, 6.07) is 5.83. The van der Waals surface area contributed by atoms with Gasteiger partial charge in [-0.15, -0.1) is 21.5 Å². The minimum absolute atomic E-state index is 0.796. The van der Waals surface area contributed by atoms with Crippen LogP contribution in [0.25, 0.3) is 16.3 Å². The second kappa shape index (κ2) is 3.82. The van der Waals surface area contributed by atoms with E-state index >= 15 is 0 Å². The van der Waals surface area contributed by atoms with E-state index in [0.29, 0.717) is 0 Å². The molecule has 0 radical (unpaired) electrons. The van der Waals surface area contributed by atoms with Gasteiger partial charge < -0.3 is 5.73 Å². The summed E-state index contributed by atoms with van der Waals surface area (Å²) in [4.78, 5) is 1.06. The number of pyridine rings is 1. The first-order chi connectivity index (χ1) is 8.15. The lowest BCUT2D eigenvalue weighted by molar-refractivity contribution is 1.11. The van der Waals surface area contributed by atoms with Crippen molar-refractivity contribution in [2.45, 2.75) is 6.92 Å². The number of hydrogen-bond acceptors (Lipinski definition) is 4. The van der Waals surface area contributed by atoms with Gasteiger partial charge in [0.1, 0.15) is 0 Å². The fourth-order valence-corrected chi connectivity index (χ4v) is 3.01. The van der Waals surface area contributed by atoms with Gasteiger partial charge in [-0.3, -0.25) is 4.40 Å². The zero-order valence-corrected chi connectivity index (χ0v) is 11.4. The monoisotopic (exact) mass is 308 g/mol. The molecule has 0 unspecified atom stereocenters. The summed E-state index contributed by atoms with van der Waals surface area (Å²) in [7, 11) is 0. The van der Waals surface area contributed by atoms with Crippen LogP contribution < -0.4 is 5.73 Å². The molecule has 86 valence electrons. The van der Waals surface area contributed by atoms with Crippen molar-refractivity contribution in [3.05, 3.63) is 34.4 Å². The summed E-state index contributed by atoms with van der Waals surface area (Å²) in [6.45, 7) is 2.03. The number of nitrogen functional groups attached to an aromatic ring is 1. The molecule has 6 heteroatoms. The Kier molecular flexibility index (Phi) is 2.41. The molecule has 0 fully saturated rings. The first kappa shape index (κ1) is 10.7. The van der Waals surface area contributed by atoms with Crippen molar-refractivity contribution in [2.75, 3.05) is 5.73 Å². The normalized spacial score (nSPS) is 11.2. The second-order valence-corrected chi connectivity index (χ2v) is 5.76. The molecule has 0 saturated heterocycles. The number of hydrogen-bond donors (Lipinski definition) is 1. The third kappa shape index (κ3) is 1.73. The van der Waals surface area contributed by atoms with Crippen LogP contribution >= 0.6 is 27.3 Å². The summed E-state index contributed by atoms with van der Waals surface area (Å²) in [5.41, 5.74) is 7.77. The molecule has 0 saturated carbocycles. The van der Waals surface area contributed by atoms with Gasteiger partial charge in [-0.25, -0.2) is 0 Å². The highest BCUT2D eigenvalue weighted by Crippen LogP contribution is 2.33. The Balaban J connectivity index is 2.30. The highest BCUT2D eigenvalue weighted by Gasteiger charge is 2.13. The molecule has 3 rings (SSSR count). The van der Waals surface area contributed by atoms with Crippen LogP contribution in [0.4, 0.5) is 5.00 Å². The number of nitrogens with zero attached hydrogens (tertiary/aromatic N) is 3. The molecule has 0 aromatic carbocycles. The first-order valence-electron chi connectivity index (χ1n) is 5.02. The van der Waals surface area contributed by atoms with E-state index in [-0.39, 0.29) is 0 Å². The van der Waals surface area contributed by atoms with Gasteiger partial charge >= 0.3 is 0 Å². The van der Waals surface area contributed by atoms with Gasteiger partial charge in [-0.1, -0.05) is 0 Å². The Morgan fingerprint density at radius 2 is 2.18 bits per heavy atom. The van der Waals surface area contributed by atoms with Crippen LogP contribution in [-0.4, -0.2) is 14.6 Å². The number of fused-ring (bicyclic) bond motifs is 1. The number of aromatic nitrogens is 3. The van der Waals surface area contributed by atoms with Crippen molar-refractivity contribution >= 4 is 37.9 Å². The first-order valence-corrected chi connectivity index (χ1v) is 6.62. The van der Waals surface area contributed by atoms with Gasteiger partial charge in [0.15, 0.2) is 11.5 Å². The molecule has 0 aliphatic heterocycles. The van der Waals surface area contributed by atoms with Crippen molar-refractivity contribution in [1.29, 1.82) is 0 Å². The second-order valence-electron chi connectivity index (χ2n) is 3.76. The molecular formula is C11H9BrN4S. The van der Waals surface area contributed by atoms with Crippen LogP contribution in [-0.2, 0) is 0 Å². The van der Waals surface area contributed by atoms with E-state index in [9.17, 15) is 0 Å². The zero-order valence-electron chi connectivity index (χ0n) is 9.01. The lowest BCUT2D eigenvalue weighted by Crippen LogP contribution is -1.88. The molecule has 2 N–H and O–H groups in total. The average molecular weight is 309 g/mol. The Morgan fingerprint density at radius 3 is 2.88 bits per heavy atom. The van der Waals surface area contributed by atoms with Crippen LogP contribution in [0.5, 0.6) is 0 Å². The Labute approximate surface area is 110 Å². The summed E-state index contributed by atoms with van der Waals surface area (Å²) in [5.74, 6) is 0.834. The Morgan fingerprint density at radius 1 is 1.35 bits per heavy atom. The minimum atomic E-state index is 0.796. The van der Waals surface area contributed by atoms with Gasteiger partial charge in [0.25, 0.3) is 0 Å². The fourth-order valence-electron chi connectivity index (χ4n) is 1.75. The maximum Gasteiger partial charge on any atom is 0.178 e. The molecule has 3 heterocycles. The van der Waals surface area contributed by atoms with Crippen LogP contribution in [0.2, 0.25) is 0 Å². The SMILES string of the molecule is Cc1cc(N)sc1-c1nnc2ccc(Br)cn12. The van der Waals surface area contributed by atoms with Gasteiger partial charge in [0, 0.05) is 10.7 Å². The standard InChI is InChI=1S/C11H9BrN4S/c1-6-4-8(13)17-10(6)11-15-14-9-3-2-7(12)5-16(9)11/h2-5H,13H2,1H3. The summed E-state index contributed by atoms with van der Waals surface area (Å²) in [6.07, 6.45) is 1.96. The predicted molar refractivity (Wildman–Crippen MR) is 73.1 cm³/mol. The molecule has 0 spiro atoms.